The van der Waals surface area contributed by atoms with E-state index in [1.54, 1.807) is 0 Å². The van der Waals surface area contributed by atoms with E-state index in [1.165, 1.54) is 6.21 Å². The number of carbonyl (C=O) groups is 1. The average Bonchev–Trinajstić information content (AvgIpc) is 2.55. The van der Waals surface area contributed by atoms with Crippen molar-refractivity contribution in [1.82, 2.24) is 0 Å². The van der Waals surface area contributed by atoms with Gasteiger partial charge in [0.05, 0.1) is 6.21 Å². The van der Waals surface area contributed by atoms with Gasteiger partial charge in [-0.05, 0) is 27.6 Å². The topological polar surface area (TPSA) is 69.9 Å². The summed E-state index contributed by atoms with van der Waals surface area (Å²) in [6, 6.07) is 18.4. The first-order chi connectivity index (χ1) is 10.7. The van der Waals surface area contributed by atoms with E-state index in [0.717, 1.165) is 33.2 Å². The van der Waals surface area contributed by atoms with E-state index in [1.807, 2.05) is 36.4 Å². The van der Waals surface area contributed by atoms with E-state index in [2.05, 4.69) is 29.9 Å². The Kier molecular flexibility index (Phi) is 4.88. The number of rotatable bonds is 2. The molecule has 0 aromatic heterocycles. The molecule has 0 saturated heterocycles. The summed E-state index contributed by atoms with van der Waals surface area (Å²) in [4.78, 5) is 9.25. The minimum atomic E-state index is -0.981. The molecule has 2 N–H and O–H groups in total. The number of carboxylic acids is 1. The zero-order valence-corrected chi connectivity index (χ0v) is 11.8. The smallest absolute Gasteiger partial charge is 0.327 e. The van der Waals surface area contributed by atoms with Crippen LogP contribution in [0, 0.1) is 0 Å². The lowest BCUT2D eigenvalue weighted by atomic mass is 9.97. The molecule has 4 nitrogen and oxygen atoms in total. The monoisotopic (exact) mass is 293 g/mol. The summed E-state index contributed by atoms with van der Waals surface area (Å²) in [7, 11) is 0. The zero-order chi connectivity index (χ0) is 15.9. The van der Waals surface area contributed by atoms with Crippen molar-refractivity contribution in [1.29, 1.82) is 0 Å². The first kappa shape index (κ1) is 15.3. The predicted molar refractivity (Wildman–Crippen MR) is 88.7 cm³/mol. The van der Waals surface area contributed by atoms with Gasteiger partial charge in [-0.1, -0.05) is 60.3 Å². The summed E-state index contributed by atoms with van der Waals surface area (Å²) in [6.07, 6.45) is 2.34. The fourth-order valence-electron chi connectivity index (χ4n) is 2.25. The molecule has 3 aromatic carbocycles. The molecule has 0 amide bonds. The predicted octanol–water partition coefficient (Wildman–Crippen LogP) is 4.06. The highest BCUT2D eigenvalue weighted by Crippen LogP contribution is 2.27. The van der Waals surface area contributed by atoms with Crippen LogP contribution >= 0.6 is 0 Å². The lowest BCUT2D eigenvalue weighted by Gasteiger charge is -2.06. The van der Waals surface area contributed by atoms with Gasteiger partial charge in [-0.25, -0.2) is 4.79 Å². The van der Waals surface area contributed by atoms with Crippen molar-refractivity contribution in [3.8, 4) is 0 Å². The highest BCUT2D eigenvalue weighted by Gasteiger charge is 2.04. The molecule has 0 saturated carbocycles. The molecule has 110 valence electrons. The van der Waals surface area contributed by atoms with E-state index < -0.39 is 5.97 Å². The van der Waals surface area contributed by atoms with Crippen LogP contribution in [0.2, 0.25) is 0 Å². The first-order valence-corrected chi connectivity index (χ1v) is 6.60. The molecule has 0 fully saturated rings. The van der Waals surface area contributed by atoms with E-state index in [4.69, 9.17) is 10.3 Å². The maximum atomic E-state index is 9.25. The van der Waals surface area contributed by atoms with Crippen molar-refractivity contribution in [3.63, 3.8) is 0 Å². The summed E-state index contributed by atoms with van der Waals surface area (Å²) in [5.41, 5.74) is 0.959. The third-order valence-electron chi connectivity index (χ3n) is 3.17. The summed E-state index contributed by atoms with van der Waals surface area (Å²) in [5, 5.41) is 24.1. The van der Waals surface area contributed by atoms with Gasteiger partial charge in [0.1, 0.15) is 0 Å². The average molecular weight is 293 g/mol. The maximum absolute atomic E-state index is 9.25. The molecule has 0 aliphatic carbocycles. The molecule has 0 aliphatic rings. The summed E-state index contributed by atoms with van der Waals surface area (Å²) in [6.45, 7) is 2.96. The molecule has 0 atom stereocenters. The van der Waals surface area contributed by atoms with Gasteiger partial charge in [0.2, 0.25) is 0 Å². The number of benzene rings is 3. The van der Waals surface area contributed by atoms with Crippen LogP contribution in [0.5, 0.6) is 0 Å². The second-order valence-electron chi connectivity index (χ2n) is 4.52. The molecule has 0 radical (unpaired) electrons. The Balaban J connectivity index is 0.000000309. The number of nitrogens with zero attached hydrogens (tertiary/aromatic N) is 1. The number of hydrogen-bond acceptors (Lipinski definition) is 3. The Morgan fingerprint density at radius 2 is 1.45 bits per heavy atom. The summed E-state index contributed by atoms with van der Waals surface area (Å²) in [5.74, 6) is -0.981. The number of oxime groups is 1. The summed E-state index contributed by atoms with van der Waals surface area (Å²) >= 11 is 0. The second-order valence-corrected chi connectivity index (χ2v) is 4.52. The van der Waals surface area contributed by atoms with Crippen molar-refractivity contribution >= 4 is 33.7 Å². The fraction of sp³-hybridized carbons (Fsp3) is 0. The van der Waals surface area contributed by atoms with Crippen LogP contribution in [0.15, 0.2) is 72.4 Å². The van der Waals surface area contributed by atoms with Crippen molar-refractivity contribution in [3.05, 3.63) is 72.8 Å². The van der Waals surface area contributed by atoms with Gasteiger partial charge in [0, 0.05) is 11.6 Å². The Morgan fingerprint density at radius 1 is 1.00 bits per heavy atom. The molecular formula is C18H15NO3. The van der Waals surface area contributed by atoms with Crippen molar-refractivity contribution in [2.24, 2.45) is 5.16 Å². The molecule has 3 aromatic rings. The summed E-state index contributed by atoms with van der Waals surface area (Å²) < 4.78 is 0. The highest BCUT2D eigenvalue weighted by molar-refractivity contribution is 6.13. The Morgan fingerprint density at radius 3 is 1.86 bits per heavy atom. The van der Waals surface area contributed by atoms with Gasteiger partial charge < -0.3 is 10.3 Å². The number of hydrogen-bond donors (Lipinski definition) is 2. The lowest BCUT2D eigenvalue weighted by molar-refractivity contribution is -0.131. The molecule has 0 unspecified atom stereocenters. The van der Waals surface area contributed by atoms with E-state index >= 15 is 0 Å². The molecule has 0 heterocycles. The third kappa shape index (κ3) is 3.30. The molecule has 0 bridgehead atoms. The fourth-order valence-corrected chi connectivity index (χ4v) is 2.25. The van der Waals surface area contributed by atoms with Crippen LogP contribution in [0.3, 0.4) is 0 Å². The highest BCUT2D eigenvalue weighted by atomic mass is 16.4. The molecule has 22 heavy (non-hydrogen) atoms. The van der Waals surface area contributed by atoms with Gasteiger partial charge in [0.25, 0.3) is 0 Å². The number of aliphatic carboxylic acids is 1. The van der Waals surface area contributed by atoms with Crippen LogP contribution in [0.25, 0.3) is 21.5 Å². The van der Waals surface area contributed by atoms with E-state index in [0.29, 0.717) is 0 Å². The minimum Gasteiger partial charge on any atom is -0.478 e. The number of carboxylic acid groups (broad SMARTS) is 1. The normalized spacial score (nSPS) is 10.4. The van der Waals surface area contributed by atoms with Crippen LogP contribution in [-0.4, -0.2) is 22.5 Å². The van der Waals surface area contributed by atoms with Gasteiger partial charge in [-0.3, -0.25) is 0 Å². The van der Waals surface area contributed by atoms with Gasteiger partial charge in [-0.2, -0.15) is 0 Å². The van der Waals surface area contributed by atoms with E-state index in [-0.39, 0.29) is 0 Å². The Labute approximate surface area is 127 Å². The Bertz CT molecular complexity index is 799. The van der Waals surface area contributed by atoms with Crippen molar-refractivity contribution in [2.45, 2.75) is 0 Å². The second kappa shape index (κ2) is 7.04. The molecule has 0 aliphatic heterocycles. The number of fused-ring (bicyclic) bond motifs is 2. The molecule has 0 spiro atoms. The lowest BCUT2D eigenvalue weighted by Crippen LogP contribution is -1.87. The van der Waals surface area contributed by atoms with Crippen LogP contribution in [-0.2, 0) is 4.79 Å². The Hall–Kier alpha value is -3.14. The maximum Gasteiger partial charge on any atom is 0.327 e. The molecule has 3 rings (SSSR count). The molecular weight excluding hydrogens is 278 g/mol. The van der Waals surface area contributed by atoms with Crippen LogP contribution in [0.4, 0.5) is 0 Å². The van der Waals surface area contributed by atoms with Crippen LogP contribution < -0.4 is 0 Å². The van der Waals surface area contributed by atoms with E-state index in [9.17, 15) is 4.79 Å². The standard InChI is InChI=1S/C15H11NO.C3H4O2/c17-16-10-15-13-7-3-1-5-11(13)9-12-6-2-4-8-14(12)15;1-2-3(4)5/h1-10,17H;2H,1H2,(H,4,5). The van der Waals surface area contributed by atoms with Gasteiger partial charge in [0.15, 0.2) is 0 Å². The van der Waals surface area contributed by atoms with Crippen molar-refractivity contribution in [2.75, 3.05) is 0 Å². The SMILES string of the molecule is C=CC(=O)O.ON=Cc1c2ccccc2cc2ccccc12. The first-order valence-electron chi connectivity index (χ1n) is 6.60. The largest absolute Gasteiger partial charge is 0.478 e. The van der Waals surface area contributed by atoms with Gasteiger partial charge >= 0.3 is 5.97 Å². The minimum absolute atomic E-state index is 0.833. The van der Waals surface area contributed by atoms with Gasteiger partial charge in [-0.15, -0.1) is 0 Å². The van der Waals surface area contributed by atoms with Crippen LogP contribution in [0.1, 0.15) is 5.56 Å². The van der Waals surface area contributed by atoms with Crippen molar-refractivity contribution < 1.29 is 15.1 Å². The third-order valence-corrected chi connectivity index (χ3v) is 3.17. The molecule has 4 heteroatoms. The zero-order valence-electron chi connectivity index (χ0n) is 11.8. The quantitative estimate of drug-likeness (QED) is 0.246.